The number of aliphatic hydroxyl groups is 1. The summed E-state index contributed by atoms with van der Waals surface area (Å²) in [4.78, 5) is 0. The van der Waals surface area contributed by atoms with Gasteiger partial charge in [0, 0.05) is 24.6 Å². The molecule has 2 atom stereocenters. The highest BCUT2D eigenvalue weighted by Gasteiger charge is 2.33. The molecule has 0 aromatic carbocycles. The third-order valence-electron chi connectivity index (χ3n) is 3.42. The molecule has 2 rings (SSSR count). The maximum Gasteiger partial charge on any atom is 0.150 e. The van der Waals surface area contributed by atoms with Crippen LogP contribution in [0.1, 0.15) is 32.0 Å². The topological polar surface area (TPSA) is 72.2 Å². The summed E-state index contributed by atoms with van der Waals surface area (Å²) in [6.07, 6.45) is 2.27. The molecule has 2 heterocycles. The molecule has 18 heavy (non-hydrogen) atoms. The van der Waals surface area contributed by atoms with Crippen molar-refractivity contribution >= 4 is 9.84 Å². The van der Waals surface area contributed by atoms with Gasteiger partial charge in [0.05, 0.1) is 23.3 Å². The van der Waals surface area contributed by atoms with Gasteiger partial charge in [-0.25, -0.2) is 8.42 Å². The Morgan fingerprint density at radius 2 is 2.28 bits per heavy atom. The monoisotopic (exact) mass is 272 g/mol. The molecule has 1 aromatic heterocycles. The molecule has 1 aliphatic rings. The molecular weight excluding hydrogens is 252 g/mol. The molecule has 0 bridgehead atoms. The first-order valence-electron chi connectivity index (χ1n) is 6.30. The van der Waals surface area contributed by atoms with Gasteiger partial charge in [0.1, 0.15) is 0 Å². The summed E-state index contributed by atoms with van der Waals surface area (Å²) < 4.78 is 24.6. The van der Waals surface area contributed by atoms with E-state index in [1.54, 1.807) is 0 Å². The van der Waals surface area contributed by atoms with Crippen LogP contribution in [0, 0.1) is 5.92 Å². The normalized spacial score (nSPS) is 24.6. The van der Waals surface area contributed by atoms with Crippen molar-refractivity contribution < 1.29 is 13.5 Å². The van der Waals surface area contributed by atoms with Gasteiger partial charge in [0.15, 0.2) is 9.84 Å². The first-order chi connectivity index (χ1) is 8.37. The summed E-state index contributed by atoms with van der Waals surface area (Å²) in [5.41, 5.74) is 0.820. The van der Waals surface area contributed by atoms with Crippen molar-refractivity contribution in [2.45, 2.75) is 38.8 Å². The van der Waals surface area contributed by atoms with Gasteiger partial charge in [-0.05, 0) is 26.3 Å². The molecule has 1 saturated heterocycles. The molecule has 102 valence electrons. The number of hydrogen-bond acceptors (Lipinski definition) is 4. The van der Waals surface area contributed by atoms with Crippen molar-refractivity contribution in [3.63, 3.8) is 0 Å². The number of aliphatic hydroxyl groups excluding tert-OH is 1. The fraction of sp³-hybridized carbons (Fsp3) is 0.750. The fourth-order valence-corrected chi connectivity index (χ4v) is 4.15. The fourth-order valence-electron chi connectivity index (χ4n) is 2.28. The van der Waals surface area contributed by atoms with Gasteiger partial charge in [-0.1, -0.05) is 0 Å². The molecule has 2 unspecified atom stereocenters. The average Bonchev–Trinajstić information content (AvgIpc) is 2.84. The predicted molar refractivity (Wildman–Crippen MR) is 69.1 cm³/mol. The van der Waals surface area contributed by atoms with Crippen LogP contribution < -0.4 is 0 Å². The number of sulfone groups is 1. The van der Waals surface area contributed by atoms with E-state index in [0.717, 1.165) is 5.69 Å². The van der Waals surface area contributed by atoms with Crippen molar-refractivity contribution in [1.82, 2.24) is 9.78 Å². The van der Waals surface area contributed by atoms with E-state index in [9.17, 15) is 13.5 Å². The Hall–Kier alpha value is -0.880. The lowest BCUT2D eigenvalue weighted by Crippen LogP contribution is -2.24. The van der Waals surface area contributed by atoms with Crippen LogP contribution in [0.3, 0.4) is 0 Å². The minimum Gasteiger partial charge on any atom is -0.392 e. The van der Waals surface area contributed by atoms with Crippen LogP contribution in [0.4, 0.5) is 0 Å². The zero-order valence-corrected chi connectivity index (χ0v) is 11.6. The number of nitrogens with zero attached hydrogens (tertiary/aromatic N) is 2. The molecule has 1 N–H and O–H groups in total. The predicted octanol–water partition coefficient (Wildman–Crippen LogP) is 0.802. The maximum atomic E-state index is 11.4. The Morgan fingerprint density at radius 1 is 1.56 bits per heavy atom. The quantitative estimate of drug-likeness (QED) is 0.880. The van der Waals surface area contributed by atoms with Gasteiger partial charge < -0.3 is 5.11 Å². The highest BCUT2D eigenvalue weighted by Crippen LogP contribution is 2.23. The summed E-state index contributed by atoms with van der Waals surface area (Å²) in [5, 5.41) is 14.4. The van der Waals surface area contributed by atoms with E-state index in [4.69, 9.17) is 0 Å². The zero-order valence-electron chi connectivity index (χ0n) is 10.8. The van der Waals surface area contributed by atoms with Crippen LogP contribution in [-0.4, -0.2) is 40.9 Å². The van der Waals surface area contributed by atoms with Gasteiger partial charge in [-0.2, -0.15) is 5.10 Å². The molecule has 0 radical (unpaired) electrons. The number of aromatic nitrogens is 2. The Balaban J connectivity index is 1.97. The van der Waals surface area contributed by atoms with Gasteiger partial charge in [-0.3, -0.25) is 4.68 Å². The van der Waals surface area contributed by atoms with Crippen molar-refractivity contribution in [2.75, 3.05) is 11.5 Å². The molecule has 5 nitrogen and oxygen atoms in total. The smallest absolute Gasteiger partial charge is 0.150 e. The molecule has 1 aliphatic heterocycles. The van der Waals surface area contributed by atoms with Crippen LogP contribution >= 0.6 is 0 Å². The van der Waals surface area contributed by atoms with Crippen LogP contribution in [0.15, 0.2) is 12.3 Å². The van der Waals surface area contributed by atoms with Crippen LogP contribution in [0.25, 0.3) is 0 Å². The second-order valence-corrected chi connectivity index (χ2v) is 7.54. The maximum absolute atomic E-state index is 11.4. The standard InChI is InChI=1S/C12H20N2O3S/c1-9(2)14-5-3-11(13-14)7-12(15)10-4-6-18(16,17)8-10/h3,5,9-10,12,15H,4,6-8H2,1-2H3. The van der Waals surface area contributed by atoms with E-state index >= 15 is 0 Å². The van der Waals surface area contributed by atoms with Gasteiger partial charge in [0.25, 0.3) is 0 Å². The second-order valence-electron chi connectivity index (χ2n) is 5.32. The van der Waals surface area contributed by atoms with E-state index in [1.807, 2.05) is 30.8 Å². The lowest BCUT2D eigenvalue weighted by molar-refractivity contribution is 0.119. The number of rotatable bonds is 4. The Kier molecular flexibility index (Phi) is 3.77. The largest absolute Gasteiger partial charge is 0.392 e. The molecule has 0 amide bonds. The van der Waals surface area contributed by atoms with E-state index in [-0.39, 0.29) is 17.4 Å². The minimum absolute atomic E-state index is 0.110. The van der Waals surface area contributed by atoms with Gasteiger partial charge >= 0.3 is 0 Å². The first kappa shape index (κ1) is 13.5. The minimum atomic E-state index is -2.93. The van der Waals surface area contributed by atoms with E-state index in [2.05, 4.69) is 5.10 Å². The van der Waals surface area contributed by atoms with E-state index in [1.165, 1.54) is 0 Å². The van der Waals surface area contributed by atoms with Gasteiger partial charge in [-0.15, -0.1) is 0 Å². The van der Waals surface area contributed by atoms with Crippen molar-refractivity contribution in [1.29, 1.82) is 0 Å². The highest BCUT2D eigenvalue weighted by atomic mass is 32.2. The molecular formula is C12H20N2O3S. The third kappa shape index (κ3) is 3.11. The van der Waals surface area contributed by atoms with Crippen molar-refractivity contribution in [2.24, 2.45) is 5.92 Å². The summed E-state index contributed by atoms with van der Waals surface area (Å²) in [6, 6.07) is 2.18. The number of hydrogen-bond donors (Lipinski definition) is 1. The van der Waals surface area contributed by atoms with Crippen molar-refractivity contribution in [3.8, 4) is 0 Å². The zero-order chi connectivity index (χ0) is 13.3. The lowest BCUT2D eigenvalue weighted by atomic mass is 9.98. The lowest BCUT2D eigenvalue weighted by Gasteiger charge is -2.15. The second kappa shape index (κ2) is 5.01. The summed E-state index contributed by atoms with van der Waals surface area (Å²) in [7, 11) is -2.93. The Labute approximate surface area is 108 Å². The molecule has 1 aromatic rings. The van der Waals surface area contributed by atoms with Crippen molar-refractivity contribution in [3.05, 3.63) is 18.0 Å². The molecule has 6 heteroatoms. The molecule has 0 aliphatic carbocycles. The average molecular weight is 272 g/mol. The molecule has 1 fully saturated rings. The van der Waals surface area contributed by atoms with Crippen LogP contribution in [-0.2, 0) is 16.3 Å². The summed E-state index contributed by atoms with van der Waals surface area (Å²) in [5.74, 6) is 0.174. The molecule has 0 spiro atoms. The highest BCUT2D eigenvalue weighted by molar-refractivity contribution is 7.91. The van der Waals surface area contributed by atoms with Gasteiger partial charge in [0.2, 0.25) is 0 Å². The third-order valence-corrected chi connectivity index (χ3v) is 5.22. The van der Waals surface area contributed by atoms with Crippen LogP contribution in [0.5, 0.6) is 0 Å². The Morgan fingerprint density at radius 3 is 2.78 bits per heavy atom. The van der Waals surface area contributed by atoms with Crippen LogP contribution in [0.2, 0.25) is 0 Å². The van der Waals surface area contributed by atoms with E-state index in [0.29, 0.717) is 18.9 Å². The summed E-state index contributed by atoms with van der Waals surface area (Å²) in [6.45, 7) is 4.08. The Bertz CT molecular complexity index is 507. The SMILES string of the molecule is CC(C)n1ccc(CC(O)C2CCS(=O)(=O)C2)n1. The first-order valence-corrected chi connectivity index (χ1v) is 8.12. The molecule has 0 saturated carbocycles. The van der Waals surface area contributed by atoms with E-state index < -0.39 is 15.9 Å². The summed E-state index contributed by atoms with van der Waals surface area (Å²) >= 11 is 0.